The number of aromatic amines is 1. The molecule has 0 amide bonds. The van der Waals surface area contributed by atoms with E-state index in [4.69, 9.17) is 5.73 Å². The van der Waals surface area contributed by atoms with Crippen LogP contribution in [0.5, 0.6) is 0 Å². The average molecular weight is 250 g/mol. The number of hydrogen-bond donors (Lipinski definition) is 2. The lowest BCUT2D eigenvalue weighted by atomic mass is 10.0. The maximum Gasteiger partial charge on any atom is 0.0489 e. The second-order valence-corrected chi connectivity index (χ2v) is 5.11. The van der Waals surface area contributed by atoms with Crippen LogP contribution in [0.3, 0.4) is 0 Å². The van der Waals surface area contributed by atoms with Crippen LogP contribution in [-0.2, 0) is 6.42 Å². The van der Waals surface area contributed by atoms with Gasteiger partial charge in [0.15, 0.2) is 0 Å². The van der Waals surface area contributed by atoms with E-state index in [2.05, 4.69) is 60.4 Å². The molecule has 2 nitrogen and oxygen atoms in total. The molecule has 0 aliphatic heterocycles. The molecule has 0 saturated heterocycles. The molecule has 2 aromatic carbocycles. The monoisotopic (exact) mass is 250 g/mol. The first-order chi connectivity index (χ1) is 9.22. The Bertz CT molecular complexity index is 683. The van der Waals surface area contributed by atoms with Gasteiger partial charge in [0.1, 0.15) is 0 Å². The molecule has 0 spiro atoms. The van der Waals surface area contributed by atoms with Crippen LogP contribution in [-0.4, -0.2) is 4.98 Å². The van der Waals surface area contributed by atoms with E-state index in [1.807, 2.05) is 6.07 Å². The Morgan fingerprint density at radius 1 is 1.05 bits per heavy atom. The molecule has 3 N–H and O–H groups in total. The van der Waals surface area contributed by atoms with Crippen LogP contribution in [0.1, 0.15) is 22.9 Å². The van der Waals surface area contributed by atoms with Gasteiger partial charge in [-0.3, -0.25) is 0 Å². The van der Waals surface area contributed by atoms with Crippen molar-refractivity contribution in [3.63, 3.8) is 0 Å². The maximum atomic E-state index is 6.30. The molecule has 0 radical (unpaired) electrons. The van der Waals surface area contributed by atoms with Crippen LogP contribution in [0.15, 0.2) is 54.6 Å². The Kier molecular flexibility index (Phi) is 3.10. The molecule has 3 aromatic rings. The van der Waals surface area contributed by atoms with Crippen molar-refractivity contribution in [3.8, 4) is 0 Å². The molecular weight excluding hydrogens is 232 g/mol. The number of nitrogens with two attached hydrogens (primary N) is 1. The minimum atomic E-state index is 0.00936. The van der Waals surface area contributed by atoms with Crippen molar-refractivity contribution in [2.24, 2.45) is 5.73 Å². The molecule has 1 atom stereocenters. The van der Waals surface area contributed by atoms with Gasteiger partial charge in [0.05, 0.1) is 0 Å². The Morgan fingerprint density at radius 2 is 1.84 bits per heavy atom. The number of nitrogens with one attached hydrogen (secondary N) is 1. The van der Waals surface area contributed by atoms with E-state index in [-0.39, 0.29) is 6.04 Å². The minimum absolute atomic E-state index is 0.00936. The predicted molar refractivity (Wildman–Crippen MR) is 80.1 cm³/mol. The van der Waals surface area contributed by atoms with E-state index in [1.165, 1.54) is 16.5 Å². The number of rotatable bonds is 3. The summed E-state index contributed by atoms with van der Waals surface area (Å²) in [6.07, 6.45) is 0.854. The molecule has 0 unspecified atom stereocenters. The molecule has 0 aliphatic carbocycles. The molecule has 0 bridgehead atoms. The van der Waals surface area contributed by atoms with E-state index < -0.39 is 0 Å². The van der Waals surface area contributed by atoms with Gasteiger partial charge >= 0.3 is 0 Å². The molecule has 96 valence electrons. The first-order valence-electron chi connectivity index (χ1n) is 6.61. The lowest BCUT2D eigenvalue weighted by Gasteiger charge is -2.09. The van der Waals surface area contributed by atoms with Crippen molar-refractivity contribution in [3.05, 3.63) is 71.4 Å². The minimum Gasteiger partial charge on any atom is -0.357 e. The van der Waals surface area contributed by atoms with Gasteiger partial charge in [-0.2, -0.15) is 0 Å². The molecular formula is C17H18N2. The molecule has 0 saturated carbocycles. The highest BCUT2D eigenvalue weighted by atomic mass is 14.8. The summed E-state index contributed by atoms with van der Waals surface area (Å²) in [6, 6.07) is 19.0. The van der Waals surface area contributed by atoms with Gasteiger partial charge in [0.2, 0.25) is 0 Å². The van der Waals surface area contributed by atoms with E-state index >= 15 is 0 Å². The topological polar surface area (TPSA) is 41.8 Å². The summed E-state index contributed by atoms with van der Waals surface area (Å²) in [6.45, 7) is 2.11. The Balaban J connectivity index is 1.87. The number of benzene rings is 2. The predicted octanol–water partition coefficient (Wildman–Crippen LogP) is 3.72. The third-order valence-corrected chi connectivity index (χ3v) is 3.49. The van der Waals surface area contributed by atoms with Gasteiger partial charge in [-0.15, -0.1) is 0 Å². The average Bonchev–Trinajstić information content (AvgIpc) is 2.83. The Hall–Kier alpha value is -2.06. The lowest BCUT2D eigenvalue weighted by molar-refractivity contribution is 0.704. The van der Waals surface area contributed by atoms with Gasteiger partial charge in [-0.1, -0.05) is 42.0 Å². The maximum absolute atomic E-state index is 6.30. The fourth-order valence-corrected chi connectivity index (χ4v) is 2.45. The Morgan fingerprint density at radius 3 is 2.63 bits per heavy atom. The van der Waals surface area contributed by atoms with Crippen molar-refractivity contribution < 1.29 is 0 Å². The zero-order valence-corrected chi connectivity index (χ0v) is 11.1. The van der Waals surface area contributed by atoms with Crippen LogP contribution < -0.4 is 5.73 Å². The molecule has 19 heavy (non-hydrogen) atoms. The lowest BCUT2D eigenvalue weighted by Crippen LogP contribution is -2.13. The van der Waals surface area contributed by atoms with Crippen molar-refractivity contribution in [2.45, 2.75) is 19.4 Å². The standard InChI is InChI=1S/C17H18N2/c1-12-7-8-16-14(9-12)11-17(19-16)15(18)10-13-5-3-2-4-6-13/h2-9,11,15,19H,10,18H2,1H3/t15-/m1/s1. The normalized spacial score (nSPS) is 12.7. The van der Waals surface area contributed by atoms with Crippen LogP contribution in [0.2, 0.25) is 0 Å². The number of fused-ring (bicyclic) bond motifs is 1. The van der Waals surface area contributed by atoms with E-state index in [9.17, 15) is 0 Å². The van der Waals surface area contributed by atoms with Crippen LogP contribution in [0.4, 0.5) is 0 Å². The summed E-state index contributed by atoms with van der Waals surface area (Å²) < 4.78 is 0. The highest BCUT2D eigenvalue weighted by Gasteiger charge is 2.10. The van der Waals surface area contributed by atoms with Gasteiger partial charge in [-0.05, 0) is 42.5 Å². The summed E-state index contributed by atoms with van der Waals surface area (Å²) in [4.78, 5) is 3.42. The summed E-state index contributed by atoms with van der Waals surface area (Å²) in [5, 5.41) is 1.23. The van der Waals surface area contributed by atoms with E-state index in [1.54, 1.807) is 0 Å². The fourth-order valence-electron chi connectivity index (χ4n) is 2.45. The first-order valence-corrected chi connectivity index (χ1v) is 6.61. The quantitative estimate of drug-likeness (QED) is 0.731. The molecule has 2 heteroatoms. The molecule has 1 heterocycles. The molecule has 3 rings (SSSR count). The van der Waals surface area contributed by atoms with Gasteiger partial charge in [0.25, 0.3) is 0 Å². The number of aryl methyl sites for hydroxylation is 1. The smallest absolute Gasteiger partial charge is 0.0489 e. The van der Waals surface area contributed by atoms with Gasteiger partial charge in [-0.25, -0.2) is 0 Å². The largest absolute Gasteiger partial charge is 0.357 e. The van der Waals surface area contributed by atoms with Crippen LogP contribution in [0, 0.1) is 6.92 Å². The highest BCUT2D eigenvalue weighted by Crippen LogP contribution is 2.22. The summed E-state index contributed by atoms with van der Waals surface area (Å²) >= 11 is 0. The van der Waals surface area contributed by atoms with Crippen molar-refractivity contribution >= 4 is 10.9 Å². The van der Waals surface area contributed by atoms with E-state index in [0.29, 0.717) is 0 Å². The number of hydrogen-bond acceptors (Lipinski definition) is 1. The second kappa shape index (κ2) is 4.90. The SMILES string of the molecule is Cc1ccc2[nH]c([C@H](N)Cc3ccccc3)cc2c1. The zero-order valence-electron chi connectivity index (χ0n) is 11.1. The van der Waals surface area contributed by atoms with Crippen molar-refractivity contribution in [2.75, 3.05) is 0 Å². The summed E-state index contributed by atoms with van der Waals surface area (Å²) in [5.41, 5.74) is 11.1. The van der Waals surface area contributed by atoms with Crippen molar-refractivity contribution in [1.29, 1.82) is 0 Å². The highest BCUT2D eigenvalue weighted by molar-refractivity contribution is 5.81. The van der Waals surface area contributed by atoms with Crippen LogP contribution in [0.25, 0.3) is 10.9 Å². The van der Waals surface area contributed by atoms with E-state index in [0.717, 1.165) is 17.6 Å². The summed E-state index contributed by atoms with van der Waals surface area (Å²) in [5.74, 6) is 0. The molecule has 0 aliphatic rings. The molecule has 0 fully saturated rings. The Labute approximate surface area is 113 Å². The summed E-state index contributed by atoms with van der Waals surface area (Å²) in [7, 11) is 0. The third kappa shape index (κ3) is 2.54. The second-order valence-electron chi connectivity index (χ2n) is 5.11. The van der Waals surface area contributed by atoms with Crippen LogP contribution >= 0.6 is 0 Å². The zero-order chi connectivity index (χ0) is 13.2. The first kappa shape index (κ1) is 12.0. The van der Waals surface area contributed by atoms with Crippen molar-refractivity contribution in [1.82, 2.24) is 4.98 Å². The fraction of sp³-hybridized carbons (Fsp3) is 0.176. The molecule has 1 aromatic heterocycles. The number of H-pyrrole nitrogens is 1. The number of aromatic nitrogens is 1. The third-order valence-electron chi connectivity index (χ3n) is 3.49. The van der Waals surface area contributed by atoms with Gasteiger partial charge < -0.3 is 10.7 Å². The van der Waals surface area contributed by atoms with Gasteiger partial charge in [0, 0.05) is 17.3 Å².